The number of rotatable bonds is 2. The van der Waals surface area contributed by atoms with Crippen molar-refractivity contribution in [1.29, 1.82) is 0 Å². The van der Waals surface area contributed by atoms with Crippen LogP contribution in [-0.4, -0.2) is 6.67 Å². The molecule has 0 saturated heterocycles. The molecule has 0 spiro atoms. The average molecular weight is 89.1 g/mol. The number of hydrogen-bond acceptors (Lipinski definition) is 0. The van der Waals surface area contributed by atoms with Gasteiger partial charge in [0.25, 0.3) is 0 Å². The fourth-order valence-electron chi connectivity index (χ4n) is 0.218. The predicted molar refractivity (Wildman–Crippen MR) is 25.4 cm³/mol. The lowest BCUT2D eigenvalue weighted by Crippen LogP contribution is -1.85. The molecule has 0 aliphatic rings. The molecule has 0 N–H and O–H groups in total. The molecule has 0 rings (SSSR count). The molecule has 0 atom stereocenters. The molecule has 0 aliphatic heterocycles. The Hall–Kier alpha value is -0.0700. The van der Waals surface area contributed by atoms with Crippen LogP contribution < -0.4 is 0 Å². The van der Waals surface area contributed by atoms with Gasteiger partial charge < -0.3 is 0 Å². The lowest BCUT2D eigenvalue weighted by molar-refractivity contribution is 0.420. The SMILES string of the molecule is CC(C)CC[18F]. The van der Waals surface area contributed by atoms with E-state index in [9.17, 15) is 4.39 Å². The van der Waals surface area contributed by atoms with Gasteiger partial charge in [0.15, 0.2) is 0 Å². The molecule has 0 aliphatic carbocycles. The summed E-state index contributed by atoms with van der Waals surface area (Å²) in [6, 6.07) is 0. The zero-order chi connectivity index (χ0) is 4.99. The Kier molecular flexibility index (Phi) is 3.10. The summed E-state index contributed by atoms with van der Waals surface area (Å²) in [5.41, 5.74) is 0. The fraction of sp³-hybridized carbons (Fsp3) is 1.00. The van der Waals surface area contributed by atoms with Crippen molar-refractivity contribution in [2.75, 3.05) is 6.67 Å². The standard InChI is InChI=1S/C5H11F/c1-5(2)3-4-6/h5H,3-4H2,1-2H3/i6-1. The maximum absolute atomic E-state index is 11.2. The van der Waals surface area contributed by atoms with E-state index >= 15 is 0 Å². The Morgan fingerprint density at radius 1 is 1.50 bits per heavy atom. The molecule has 0 nitrogen and oxygen atoms in total. The molecule has 6 heavy (non-hydrogen) atoms. The molecule has 0 radical (unpaired) electrons. The van der Waals surface area contributed by atoms with Crippen molar-refractivity contribution in [1.82, 2.24) is 0 Å². The lowest BCUT2D eigenvalue weighted by atomic mass is 10.2. The van der Waals surface area contributed by atoms with E-state index in [1.165, 1.54) is 0 Å². The van der Waals surface area contributed by atoms with Gasteiger partial charge in [-0.3, -0.25) is 4.39 Å². The molecular weight excluding hydrogens is 78.1 g/mol. The zero-order valence-electron chi connectivity index (χ0n) is 4.37. The van der Waals surface area contributed by atoms with Crippen LogP contribution in [0.3, 0.4) is 0 Å². The summed E-state index contributed by atoms with van der Waals surface area (Å²) < 4.78 is 11.2. The third-order valence-corrected chi connectivity index (χ3v) is 0.686. The molecule has 0 aromatic carbocycles. The highest BCUT2D eigenvalue weighted by molar-refractivity contribution is 4.39. The van der Waals surface area contributed by atoms with E-state index < -0.39 is 0 Å². The Labute approximate surface area is 38.4 Å². The molecule has 38 valence electrons. The monoisotopic (exact) mass is 89.1 g/mol. The molecule has 0 fully saturated rings. The molecule has 1 heteroatoms. The van der Waals surface area contributed by atoms with Crippen molar-refractivity contribution in [3.63, 3.8) is 0 Å². The van der Waals surface area contributed by atoms with Crippen LogP contribution in [0.5, 0.6) is 0 Å². The molecule has 0 bridgehead atoms. The van der Waals surface area contributed by atoms with Crippen molar-refractivity contribution in [2.24, 2.45) is 5.92 Å². The highest BCUT2D eigenvalue weighted by Crippen LogP contribution is 1.96. The van der Waals surface area contributed by atoms with E-state index in [1.54, 1.807) is 0 Å². The molecule has 0 unspecified atom stereocenters. The Bertz CT molecular complexity index is 25.1. The van der Waals surface area contributed by atoms with Gasteiger partial charge >= 0.3 is 0 Å². The third kappa shape index (κ3) is 3.93. The van der Waals surface area contributed by atoms with Crippen LogP contribution in [-0.2, 0) is 0 Å². The van der Waals surface area contributed by atoms with E-state index in [-0.39, 0.29) is 6.67 Å². The second-order valence-electron chi connectivity index (χ2n) is 1.87. The summed E-state index contributed by atoms with van der Waals surface area (Å²) in [6.45, 7) is 3.86. The van der Waals surface area contributed by atoms with Crippen molar-refractivity contribution in [3.05, 3.63) is 0 Å². The number of halogens is 1. The molecular formula is C5H11F. The van der Waals surface area contributed by atoms with E-state index in [2.05, 4.69) is 0 Å². The van der Waals surface area contributed by atoms with Crippen LogP contribution in [0, 0.1) is 5.92 Å². The Balaban J connectivity index is 2.63. The van der Waals surface area contributed by atoms with E-state index in [1.807, 2.05) is 13.8 Å². The first-order valence-electron chi connectivity index (χ1n) is 2.33. The normalized spacial score (nSPS) is 10.0. The van der Waals surface area contributed by atoms with Crippen LogP contribution in [0.15, 0.2) is 0 Å². The molecule has 0 saturated carbocycles. The maximum Gasteiger partial charge on any atom is 0.0896 e. The minimum atomic E-state index is -0.169. The van der Waals surface area contributed by atoms with Crippen molar-refractivity contribution >= 4 is 0 Å². The number of alkyl halides is 1. The highest BCUT2D eigenvalue weighted by Gasteiger charge is 1.87. The fourth-order valence-corrected chi connectivity index (χ4v) is 0.218. The van der Waals surface area contributed by atoms with Gasteiger partial charge in [-0.1, -0.05) is 13.8 Å². The lowest BCUT2D eigenvalue weighted by Gasteiger charge is -1.93. The molecule has 0 amide bonds. The van der Waals surface area contributed by atoms with Gasteiger partial charge in [0, 0.05) is 0 Å². The molecule has 0 aromatic heterocycles. The van der Waals surface area contributed by atoms with Gasteiger partial charge in [0.1, 0.15) is 0 Å². The summed E-state index contributed by atoms with van der Waals surface area (Å²) in [6.07, 6.45) is 0.708. The van der Waals surface area contributed by atoms with Crippen molar-refractivity contribution < 1.29 is 4.39 Å². The van der Waals surface area contributed by atoms with Gasteiger partial charge in [-0.05, 0) is 12.3 Å². The minimum absolute atomic E-state index is 0.169. The summed E-state index contributed by atoms with van der Waals surface area (Å²) in [5, 5.41) is 0. The first-order chi connectivity index (χ1) is 2.77. The Morgan fingerprint density at radius 3 is 2.00 bits per heavy atom. The minimum Gasteiger partial charge on any atom is -0.251 e. The summed E-state index contributed by atoms with van der Waals surface area (Å²) in [5.74, 6) is 0.523. The maximum atomic E-state index is 11.2. The van der Waals surface area contributed by atoms with Crippen LogP contribution in [0.4, 0.5) is 4.39 Å². The van der Waals surface area contributed by atoms with E-state index in [4.69, 9.17) is 0 Å². The van der Waals surface area contributed by atoms with Crippen molar-refractivity contribution in [3.8, 4) is 0 Å². The van der Waals surface area contributed by atoms with Gasteiger partial charge in [0.05, 0.1) is 6.67 Å². The quantitative estimate of drug-likeness (QED) is 0.485. The highest BCUT2D eigenvalue weighted by atomic mass is 18.2. The van der Waals surface area contributed by atoms with Crippen molar-refractivity contribution in [2.45, 2.75) is 20.3 Å². The average Bonchev–Trinajstić information content (AvgIpc) is 1.35. The van der Waals surface area contributed by atoms with Crippen LogP contribution in [0.2, 0.25) is 0 Å². The summed E-state index contributed by atoms with van der Waals surface area (Å²) in [4.78, 5) is 0. The topological polar surface area (TPSA) is 0 Å². The smallest absolute Gasteiger partial charge is 0.0896 e. The van der Waals surface area contributed by atoms with E-state index in [0.29, 0.717) is 12.3 Å². The van der Waals surface area contributed by atoms with Crippen LogP contribution in [0.1, 0.15) is 20.3 Å². The Morgan fingerprint density at radius 2 is 2.00 bits per heavy atom. The van der Waals surface area contributed by atoms with Gasteiger partial charge in [-0.15, -0.1) is 0 Å². The second kappa shape index (κ2) is 3.13. The van der Waals surface area contributed by atoms with Gasteiger partial charge in [-0.2, -0.15) is 0 Å². The van der Waals surface area contributed by atoms with E-state index in [0.717, 1.165) is 0 Å². The predicted octanol–water partition coefficient (Wildman–Crippen LogP) is 2.00. The summed E-state index contributed by atoms with van der Waals surface area (Å²) in [7, 11) is 0. The zero-order valence-corrected chi connectivity index (χ0v) is 4.37. The largest absolute Gasteiger partial charge is 0.251 e. The number of hydrogen-bond donors (Lipinski definition) is 0. The first kappa shape index (κ1) is 5.93. The molecule has 0 aromatic rings. The first-order valence-corrected chi connectivity index (χ1v) is 2.33. The van der Waals surface area contributed by atoms with Crippen LogP contribution in [0.25, 0.3) is 0 Å². The van der Waals surface area contributed by atoms with Gasteiger partial charge in [0.2, 0.25) is 0 Å². The van der Waals surface area contributed by atoms with Crippen LogP contribution >= 0.6 is 0 Å². The molecule has 0 heterocycles. The third-order valence-electron chi connectivity index (χ3n) is 0.686. The summed E-state index contributed by atoms with van der Waals surface area (Å²) >= 11 is 0. The second-order valence-corrected chi connectivity index (χ2v) is 1.87. The van der Waals surface area contributed by atoms with Gasteiger partial charge in [-0.25, -0.2) is 0 Å².